The van der Waals surface area contributed by atoms with E-state index in [0.717, 1.165) is 36.9 Å². The fourth-order valence-electron chi connectivity index (χ4n) is 2.71. The average molecular weight is 264 g/mol. The van der Waals surface area contributed by atoms with E-state index in [0.29, 0.717) is 12.1 Å². The molecule has 2 saturated carbocycles. The van der Waals surface area contributed by atoms with E-state index < -0.39 is 0 Å². The zero-order chi connectivity index (χ0) is 13.2. The molecule has 19 heavy (non-hydrogen) atoms. The Morgan fingerprint density at radius 2 is 2.11 bits per heavy atom. The molecule has 3 rings (SSSR count). The molecule has 0 bridgehead atoms. The molecule has 0 amide bonds. The Labute approximate surface area is 114 Å². The van der Waals surface area contributed by atoms with Gasteiger partial charge < -0.3 is 14.5 Å². The van der Waals surface area contributed by atoms with Gasteiger partial charge in [-0.3, -0.25) is 0 Å². The van der Waals surface area contributed by atoms with Crippen molar-refractivity contribution in [1.29, 1.82) is 0 Å². The van der Waals surface area contributed by atoms with Crippen molar-refractivity contribution in [2.75, 3.05) is 0 Å². The van der Waals surface area contributed by atoms with Gasteiger partial charge in [-0.05, 0) is 43.9 Å². The number of nitrogens with one attached hydrogen (secondary N) is 1. The maximum absolute atomic E-state index is 5.87. The van der Waals surface area contributed by atoms with Gasteiger partial charge >= 0.3 is 6.08 Å². The quantitative estimate of drug-likeness (QED) is 0.887. The van der Waals surface area contributed by atoms with Crippen molar-refractivity contribution >= 4 is 0 Å². The standard InChI is InChI=1S/C15H24N2O2/c1-10-3-6-14(7-11(10)2)19-15-17-13(9-18-15)8-16-12-4-5-12/h9-12,14,16H,3-8H2,1-2H3. The van der Waals surface area contributed by atoms with Crippen LogP contribution in [-0.2, 0) is 6.54 Å². The maximum atomic E-state index is 5.87. The van der Waals surface area contributed by atoms with Crippen molar-refractivity contribution in [2.45, 2.75) is 64.6 Å². The van der Waals surface area contributed by atoms with E-state index in [9.17, 15) is 0 Å². The summed E-state index contributed by atoms with van der Waals surface area (Å²) in [6.45, 7) is 5.42. The number of hydrogen-bond acceptors (Lipinski definition) is 4. The topological polar surface area (TPSA) is 47.3 Å². The smallest absolute Gasteiger partial charge is 0.394 e. The predicted molar refractivity (Wildman–Crippen MR) is 73.0 cm³/mol. The number of rotatable bonds is 5. The second-order valence-electron chi connectivity index (χ2n) is 6.27. The summed E-state index contributed by atoms with van der Waals surface area (Å²) in [5, 5.41) is 3.42. The molecule has 3 unspecified atom stereocenters. The van der Waals surface area contributed by atoms with Gasteiger partial charge in [-0.15, -0.1) is 0 Å². The minimum Gasteiger partial charge on any atom is -0.447 e. The van der Waals surface area contributed by atoms with Crippen LogP contribution in [0.15, 0.2) is 10.7 Å². The third-order valence-electron chi connectivity index (χ3n) is 4.50. The molecule has 1 heterocycles. The summed E-state index contributed by atoms with van der Waals surface area (Å²) < 4.78 is 11.3. The summed E-state index contributed by atoms with van der Waals surface area (Å²) in [6.07, 6.45) is 8.47. The Kier molecular flexibility index (Phi) is 3.78. The molecule has 0 radical (unpaired) electrons. The van der Waals surface area contributed by atoms with Crippen molar-refractivity contribution in [1.82, 2.24) is 10.3 Å². The first-order valence-electron chi connectivity index (χ1n) is 7.55. The van der Waals surface area contributed by atoms with Crippen LogP contribution in [0.3, 0.4) is 0 Å². The highest BCUT2D eigenvalue weighted by atomic mass is 16.6. The Hall–Kier alpha value is -1.03. The Morgan fingerprint density at radius 3 is 2.84 bits per heavy atom. The Morgan fingerprint density at radius 1 is 1.26 bits per heavy atom. The van der Waals surface area contributed by atoms with Crippen molar-refractivity contribution in [3.8, 4) is 6.08 Å². The molecule has 106 valence electrons. The average Bonchev–Trinajstić information content (AvgIpc) is 3.12. The van der Waals surface area contributed by atoms with Gasteiger partial charge in [0.05, 0.1) is 5.69 Å². The first-order chi connectivity index (χ1) is 9.20. The number of aromatic nitrogens is 1. The van der Waals surface area contributed by atoms with Crippen LogP contribution in [0.25, 0.3) is 0 Å². The molecule has 4 nitrogen and oxygen atoms in total. The fraction of sp³-hybridized carbons (Fsp3) is 0.800. The molecule has 0 saturated heterocycles. The van der Waals surface area contributed by atoms with E-state index in [4.69, 9.17) is 9.15 Å². The lowest BCUT2D eigenvalue weighted by molar-refractivity contribution is 0.0729. The van der Waals surface area contributed by atoms with Gasteiger partial charge in [-0.25, -0.2) is 0 Å². The molecular formula is C15H24N2O2. The highest BCUT2D eigenvalue weighted by molar-refractivity contribution is 5.01. The molecule has 4 heteroatoms. The highest BCUT2D eigenvalue weighted by Crippen LogP contribution is 2.31. The summed E-state index contributed by atoms with van der Waals surface area (Å²) in [6, 6.07) is 0.696. The molecule has 2 aliphatic rings. The van der Waals surface area contributed by atoms with Crippen LogP contribution in [0.5, 0.6) is 6.08 Å². The number of ether oxygens (including phenoxy) is 1. The number of nitrogens with zero attached hydrogens (tertiary/aromatic N) is 1. The highest BCUT2D eigenvalue weighted by Gasteiger charge is 2.27. The van der Waals surface area contributed by atoms with Crippen molar-refractivity contribution < 1.29 is 9.15 Å². The predicted octanol–water partition coefficient (Wildman–Crippen LogP) is 3.13. The van der Waals surface area contributed by atoms with Crippen LogP contribution in [0, 0.1) is 11.8 Å². The summed E-state index contributed by atoms with van der Waals surface area (Å²) in [5.41, 5.74) is 0.944. The van der Waals surface area contributed by atoms with Gasteiger partial charge in [-0.2, -0.15) is 4.98 Å². The normalized spacial score (nSPS) is 31.4. The Balaban J connectivity index is 1.48. The van der Waals surface area contributed by atoms with Gasteiger partial charge in [0.15, 0.2) is 0 Å². The minimum atomic E-state index is 0.272. The molecule has 1 aromatic rings. The maximum Gasteiger partial charge on any atom is 0.394 e. The molecular weight excluding hydrogens is 240 g/mol. The minimum absolute atomic E-state index is 0.272. The first kappa shape index (κ1) is 13.0. The van der Waals surface area contributed by atoms with Crippen LogP contribution in [0.4, 0.5) is 0 Å². The van der Waals surface area contributed by atoms with Crippen molar-refractivity contribution in [3.05, 3.63) is 12.0 Å². The fourth-order valence-corrected chi connectivity index (χ4v) is 2.71. The summed E-state index contributed by atoms with van der Waals surface area (Å²) in [7, 11) is 0. The van der Waals surface area contributed by atoms with E-state index in [1.165, 1.54) is 19.3 Å². The third-order valence-corrected chi connectivity index (χ3v) is 4.50. The van der Waals surface area contributed by atoms with Crippen LogP contribution in [0.1, 0.15) is 51.6 Å². The van der Waals surface area contributed by atoms with Gasteiger partial charge in [0.25, 0.3) is 0 Å². The van der Waals surface area contributed by atoms with E-state index in [-0.39, 0.29) is 6.10 Å². The molecule has 1 N–H and O–H groups in total. The van der Waals surface area contributed by atoms with Crippen molar-refractivity contribution in [2.24, 2.45) is 11.8 Å². The lowest BCUT2D eigenvalue weighted by Gasteiger charge is -2.31. The van der Waals surface area contributed by atoms with Crippen LogP contribution < -0.4 is 10.1 Å². The Bertz CT molecular complexity index is 414. The number of oxazole rings is 1. The molecule has 3 atom stereocenters. The molecule has 1 aromatic heterocycles. The summed E-state index contributed by atoms with van der Waals surface area (Å²) in [5.74, 6) is 1.53. The molecule has 0 spiro atoms. The lowest BCUT2D eigenvalue weighted by Crippen LogP contribution is -2.28. The summed E-state index contributed by atoms with van der Waals surface area (Å²) in [4.78, 5) is 4.40. The van der Waals surface area contributed by atoms with E-state index in [1.54, 1.807) is 6.26 Å². The lowest BCUT2D eigenvalue weighted by atomic mass is 9.80. The van der Waals surface area contributed by atoms with Crippen LogP contribution >= 0.6 is 0 Å². The molecule has 2 fully saturated rings. The van der Waals surface area contributed by atoms with Crippen LogP contribution in [-0.4, -0.2) is 17.1 Å². The molecule has 0 aliphatic heterocycles. The van der Waals surface area contributed by atoms with Gasteiger partial charge in [0.2, 0.25) is 0 Å². The van der Waals surface area contributed by atoms with E-state index in [1.807, 2.05) is 0 Å². The molecule has 0 aromatic carbocycles. The zero-order valence-corrected chi connectivity index (χ0v) is 11.9. The second-order valence-corrected chi connectivity index (χ2v) is 6.27. The first-order valence-corrected chi connectivity index (χ1v) is 7.55. The molecule has 2 aliphatic carbocycles. The van der Waals surface area contributed by atoms with Crippen LogP contribution in [0.2, 0.25) is 0 Å². The van der Waals surface area contributed by atoms with E-state index >= 15 is 0 Å². The number of hydrogen-bond donors (Lipinski definition) is 1. The van der Waals surface area contributed by atoms with Crippen molar-refractivity contribution in [3.63, 3.8) is 0 Å². The largest absolute Gasteiger partial charge is 0.447 e. The van der Waals surface area contributed by atoms with Gasteiger partial charge in [-0.1, -0.05) is 13.8 Å². The zero-order valence-electron chi connectivity index (χ0n) is 11.9. The summed E-state index contributed by atoms with van der Waals surface area (Å²) >= 11 is 0. The SMILES string of the molecule is CC1CCC(Oc2nc(CNC3CC3)co2)CC1C. The second kappa shape index (κ2) is 5.53. The monoisotopic (exact) mass is 264 g/mol. The van der Waals surface area contributed by atoms with E-state index in [2.05, 4.69) is 24.1 Å². The third kappa shape index (κ3) is 3.50. The van der Waals surface area contributed by atoms with Gasteiger partial charge in [0.1, 0.15) is 12.4 Å². The van der Waals surface area contributed by atoms with Gasteiger partial charge in [0, 0.05) is 12.6 Å².